The quantitative estimate of drug-likeness (QED) is 0.602. The fourth-order valence-electron chi connectivity index (χ4n) is 3.45. The molecule has 0 bridgehead atoms. The molecule has 1 aromatic carbocycles. The smallest absolute Gasteiger partial charge is 0.327 e. The van der Waals surface area contributed by atoms with Gasteiger partial charge in [0.1, 0.15) is 17.3 Å². The number of sulfonamides is 1. The van der Waals surface area contributed by atoms with E-state index in [1.807, 2.05) is 0 Å². The van der Waals surface area contributed by atoms with E-state index in [4.69, 9.17) is 4.74 Å². The molecule has 28 heavy (non-hydrogen) atoms. The molecule has 7 nitrogen and oxygen atoms in total. The van der Waals surface area contributed by atoms with E-state index in [1.54, 1.807) is 17.8 Å². The maximum Gasteiger partial charge on any atom is 0.327 e. The summed E-state index contributed by atoms with van der Waals surface area (Å²) in [6, 6.07) is 3.39. The first kappa shape index (κ1) is 20.9. The summed E-state index contributed by atoms with van der Waals surface area (Å²) in [6.07, 6.45) is 3.59. The van der Waals surface area contributed by atoms with E-state index < -0.39 is 27.9 Å². The van der Waals surface area contributed by atoms with Crippen LogP contribution in [0.15, 0.2) is 33.8 Å². The summed E-state index contributed by atoms with van der Waals surface area (Å²) < 4.78 is 48.5. The molecule has 0 saturated carbocycles. The summed E-state index contributed by atoms with van der Waals surface area (Å²) in [5.41, 5.74) is 1.54. The maximum atomic E-state index is 14.3. The van der Waals surface area contributed by atoms with Crippen LogP contribution in [0, 0.1) is 5.82 Å². The van der Waals surface area contributed by atoms with Crippen LogP contribution in [0.5, 0.6) is 0 Å². The van der Waals surface area contributed by atoms with Crippen LogP contribution in [0.2, 0.25) is 0 Å². The second kappa shape index (κ2) is 8.30. The predicted molar refractivity (Wildman–Crippen MR) is 104 cm³/mol. The third-order valence-corrected chi connectivity index (χ3v) is 7.20. The molecule has 1 atom stereocenters. The number of carbonyl (C=O) groups is 1. The van der Waals surface area contributed by atoms with Crippen LogP contribution in [-0.4, -0.2) is 42.1 Å². The Morgan fingerprint density at radius 3 is 2.89 bits per heavy atom. The molecule has 0 amide bonds. The lowest BCUT2D eigenvalue weighted by molar-refractivity contribution is -0.144. The van der Waals surface area contributed by atoms with E-state index >= 15 is 0 Å². The average molecular weight is 474 g/mol. The summed E-state index contributed by atoms with van der Waals surface area (Å²) in [4.78, 5) is 11.4. The highest BCUT2D eigenvalue weighted by Crippen LogP contribution is 2.37. The van der Waals surface area contributed by atoms with E-state index in [0.29, 0.717) is 17.3 Å². The van der Waals surface area contributed by atoms with Gasteiger partial charge in [0.25, 0.3) is 0 Å². The van der Waals surface area contributed by atoms with Gasteiger partial charge < -0.3 is 4.74 Å². The van der Waals surface area contributed by atoms with E-state index in [2.05, 4.69) is 21.0 Å². The lowest BCUT2D eigenvalue weighted by Crippen LogP contribution is -2.34. The first-order chi connectivity index (χ1) is 13.3. The summed E-state index contributed by atoms with van der Waals surface area (Å²) in [7, 11) is -2.60. The Bertz CT molecular complexity index is 993. The van der Waals surface area contributed by atoms with Crippen LogP contribution in [0.25, 0.3) is 0 Å². The standard InChI is InChI=1S/C18H21BrFN3O4S/c1-3-27-18(24)11-23-16-6-4-5-15(13(16)10-21-23)22(2)28(25,26)17-8-7-12(19)9-14(17)20/h7-10,15H,3-6,11H2,1-2H3/t15-/m1/s1. The Hall–Kier alpha value is -1.78. The van der Waals surface area contributed by atoms with Crippen LogP contribution in [-0.2, 0) is 32.5 Å². The van der Waals surface area contributed by atoms with Gasteiger partial charge in [0.05, 0.1) is 18.8 Å². The second-order valence-corrected chi connectivity index (χ2v) is 9.39. The van der Waals surface area contributed by atoms with Gasteiger partial charge in [0.2, 0.25) is 10.0 Å². The van der Waals surface area contributed by atoms with Crippen molar-refractivity contribution in [3.8, 4) is 0 Å². The molecule has 3 rings (SSSR count). The molecule has 0 aliphatic heterocycles. The van der Waals surface area contributed by atoms with Crippen molar-refractivity contribution in [2.45, 2.75) is 43.7 Å². The van der Waals surface area contributed by atoms with Crippen LogP contribution in [0.3, 0.4) is 0 Å². The van der Waals surface area contributed by atoms with E-state index in [1.165, 1.54) is 23.5 Å². The first-order valence-electron chi connectivity index (χ1n) is 8.89. The molecule has 0 radical (unpaired) electrons. The Labute approximate surface area is 171 Å². The maximum absolute atomic E-state index is 14.3. The van der Waals surface area contributed by atoms with Gasteiger partial charge in [0, 0.05) is 22.8 Å². The minimum atomic E-state index is -4.04. The van der Waals surface area contributed by atoms with Crippen LogP contribution < -0.4 is 0 Å². The van der Waals surface area contributed by atoms with Gasteiger partial charge in [-0.15, -0.1) is 0 Å². The van der Waals surface area contributed by atoms with E-state index in [-0.39, 0.29) is 18.0 Å². The summed E-state index contributed by atoms with van der Waals surface area (Å²) >= 11 is 3.13. The SMILES string of the molecule is CCOC(=O)Cn1ncc2c1CCC[C@H]2N(C)S(=O)(=O)c1ccc(Br)cc1F. The molecule has 0 spiro atoms. The molecule has 1 heterocycles. The molecule has 10 heteroatoms. The summed E-state index contributed by atoms with van der Waals surface area (Å²) in [5.74, 6) is -1.20. The summed E-state index contributed by atoms with van der Waals surface area (Å²) in [6.45, 7) is 1.99. The molecular weight excluding hydrogens is 453 g/mol. The Kier molecular flexibility index (Phi) is 6.21. The summed E-state index contributed by atoms with van der Waals surface area (Å²) in [5, 5.41) is 4.25. The molecule has 152 valence electrons. The van der Waals surface area contributed by atoms with Gasteiger partial charge in [0.15, 0.2) is 0 Å². The zero-order valence-corrected chi connectivity index (χ0v) is 18.0. The van der Waals surface area contributed by atoms with Crippen LogP contribution >= 0.6 is 15.9 Å². The third-order valence-electron chi connectivity index (χ3n) is 4.81. The van der Waals surface area contributed by atoms with Crippen molar-refractivity contribution in [3.63, 3.8) is 0 Å². The number of esters is 1. The van der Waals surface area contributed by atoms with Crippen molar-refractivity contribution >= 4 is 31.9 Å². The second-order valence-electron chi connectivity index (χ2n) is 6.51. The average Bonchev–Trinajstić information content (AvgIpc) is 3.04. The normalized spacial score (nSPS) is 16.8. The monoisotopic (exact) mass is 473 g/mol. The number of hydrogen-bond donors (Lipinski definition) is 0. The highest BCUT2D eigenvalue weighted by atomic mass is 79.9. The fraction of sp³-hybridized carbons (Fsp3) is 0.444. The Morgan fingerprint density at radius 2 is 2.21 bits per heavy atom. The molecule has 0 N–H and O–H groups in total. The van der Waals surface area contributed by atoms with Gasteiger partial charge in [-0.25, -0.2) is 12.8 Å². The van der Waals surface area contributed by atoms with Crippen molar-refractivity contribution in [3.05, 3.63) is 45.9 Å². The number of halogens is 2. The predicted octanol–water partition coefficient (Wildman–Crippen LogP) is 3.05. The van der Waals surface area contributed by atoms with Crippen LogP contribution in [0.1, 0.15) is 37.1 Å². The zero-order chi connectivity index (χ0) is 20.5. The highest BCUT2D eigenvalue weighted by Gasteiger charge is 2.35. The van der Waals surface area contributed by atoms with E-state index in [0.717, 1.165) is 23.7 Å². The molecule has 1 aliphatic carbocycles. The fourth-order valence-corrected chi connectivity index (χ4v) is 5.19. The van der Waals surface area contributed by atoms with Crippen molar-refractivity contribution < 1.29 is 22.3 Å². The zero-order valence-electron chi connectivity index (χ0n) is 15.6. The number of fused-ring (bicyclic) bond motifs is 1. The van der Waals surface area contributed by atoms with Gasteiger partial charge in [-0.2, -0.15) is 9.40 Å². The lowest BCUT2D eigenvalue weighted by atomic mass is 9.93. The number of hydrogen-bond acceptors (Lipinski definition) is 5. The van der Waals surface area contributed by atoms with Crippen molar-refractivity contribution in [1.82, 2.24) is 14.1 Å². The van der Waals surface area contributed by atoms with Gasteiger partial charge >= 0.3 is 5.97 Å². The Morgan fingerprint density at radius 1 is 1.46 bits per heavy atom. The van der Waals surface area contributed by atoms with E-state index in [9.17, 15) is 17.6 Å². The van der Waals surface area contributed by atoms with Crippen molar-refractivity contribution in [1.29, 1.82) is 0 Å². The molecule has 0 saturated heterocycles. The molecule has 2 aromatic rings. The molecular formula is C18H21BrFN3O4S. The number of benzene rings is 1. The van der Waals surface area contributed by atoms with Gasteiger partial charge in [-0.1, -0.05) is 15.9 Å². The number of nitrogens with zero attached hydrogens (tertiary/aromatic N) is 3. The number of ether oxygens (including phenoxy) is 1. The first-order valence-corrected chi connectivity index (χ1v) is 11.1. The van der Waals surface area contributed by atoms with Gasteiger partial charge in [-0.3, -0.25) is 9.48 Å². The lowest BCUT2D eigenvalue weighted by Gasteiger charge is -2.31. The topological polar surface area (TPSA) is 81.5 Å². The van der Waals surface area contributed by atoms with Crippen molar-refractivity contribution in [2.24, 2.45) is 0 Å². The molecule has 1 aliphatic rings. The minimum Gasteiger partial charge on any atom is -0.465 e. The molecule has 0 fully saturated rings. The minimum absolute atomic E-state index is 0.0201. The third kappa shape index (κ3) is 3.99. The number of rotatable bonds is 6. The van der Waals surface area contributed by atoms with Crippen LogP contribution in [0.4, 0.5) is 4.39 Å². The number of aromatic nitrogens is 2. The highest BCUT2D eigenvalue weighted by molar-refractivity contribution is 9.10. The van der Waals surface area contributed by atoms with Crippen molar-refractivity contribution in [2.75, 3.05) is 13.7 Å². The molecule has 1 aromatic heterocycles. The number of carbonyl (C=O) groups excluding carboxylic acids is 1. The largest absolute Gasteiger partial charge is 0.465 e. The van der Waals surface area contributed by atoms with Gasteiger partial charge in [-0.05, 0) is 44.4 Å². The molecule has 0 unspecified atom stereocenters. The Balaban J connectivity index is 1.91.